The van der Waals surface area contributed by atoms with Crippen molar-refractivity contribution in [3.63, 3.8) is 0 Å². The van der Waals surface area contributed by atoms with Crippen LogP contribution in [0, 0.1) is 0 Å². The number of nitrogens with one attached hydrogen (secondary N) is 1. The van der Waals surface area contributed by atoms with E-state index >= 15 is 0 Å². The van der Waals surface area contributed by atoms with Crippen molar-refractivity contribution < 1.29 is 4.74 Å². The van der Waals surface area contributed by atoms with Gasteiger partial charge in [0.15, 0.2) is 0 Å². The van der Waals surface area contributed by atoms with Crippen molar-refractivity contribution in [1.82, 2.24) is 14.8 Å². The number of hydrogen-bond donors (Lipinski definition) is 1. The first kappa shape index (κ1) is 9.51. The predicted octanol–water partition coefficient (Wildman–Crippen LogP) is 1.32. The minimum atomic E-state index is 0.597. The molecule has 5 heteroatoms. The normalized spacial score (nSPS) is 10.0. The molecule has 0 unspecified atom stereocenters. The molecule has 0 amide bonds. The molecule has 5 nitrogen and oxygen atoms in total. The van der Waals surface area contributed by atoms with Gasteiger partial charge >= 0.3 is 0 Å². The van der Waals surface area contributed by atoms with Gasteiger partial charge in [0.25, 0.3) is 0 Å². The molecule has 0 spiro atoms. The Bertz CT molecular complexity index is 435. The van der Waals surface area contributed by atoms with Crippen LogP contribution < -0.4 is 10.1 Å². The monoisotopic (exact) mass is 204 g/mol. The smallest absolute Gasteiger partial charge is 0.213 e. The Kier molecular flexibility index (Phi) is 2.53. The lowest BCUT2D eigenvalue weighted by atomic mass is 10.4. The van der Waals surface area contributed by atoms with Gasteiger partial charge in [0.1, 0.15) is 5.82 Å². The standard InChI is InChI=1S/C10H12N4O/c1-11-9-5-6-14(13-9)8-3-4-10(15-2)12-7-8/h3-7H,1-2H3,(H,11,13). The summed E-state index contributed by atoms with van der Waals surface area (Å²) in [6.07, 6.45) is 3.58. The fraction of sp³-hybridized carbons (Fsp3) is 0.200. The van der Waals surface area contributed by atoms with Crippen LogP contribution in [0.2, 0.25) is 0 Å². The van der Waals surface area contributed by atoms with Gasteiger partial charge < -0.3 is 10.1 Å². The van der Waals surface area contributed by atoms with Crippen LogP contribution in [0.25, 0.3) is 5.69 Å². The van der Waals surface area contributed by atoms with E-state index in [2.05, 4.69) is 15.4 Å². The quantitative estimate of drug-likeness (QED) is 0.819. The molecular weight excluding hydrogens is 192 g/mol. The van der Waals surface area contributed by atoms with E-state index in [0.29, 0.717) is 5.88 Å². The highest BCUT2D eigenvalue weighted by atomic mass is 16.5. The van der Waals surface area contributed by atoms with Gasteiger partial charge in [-0.2, -0.15) is 5.10 Å². The van der Waals surface area contributed by atoms with E-state index in [9.17, 15) is 0 Å². The summed E-state index contributed by atoms with van der Waals surface area (Å²) in [5, 5.41) is 7.24. The van der Waals surface area contributed by atoms with Crippen LogP contribution in [0.15, 0.2) is 30.6 Å². The second kappa shape index (κ2) is 4.00. The maximum atomic E-state index is 4.98. The zero-order valence-corrected chi connectivity index (χ0v) is 8.64. The number of hydrogen-bond acceptors (Lipinski definition) is 4. The third-order valence-corrected chi connectivity index (χ3v) is 2.04. The molecule has 78 valence electrons. The molecule has 2 heterocycles. The van der Waals surface area contributed by atoms with Gasteiger partial charge in [0, 0.05) is 25.4 Å². The number of rotatable bonds is 3. The molecule has 0 saturated carbocycles. The van der Waals surface area contributed by atoms with Crippen molar-refractivity contribution in [3.8, 4) is 11.6 Å². The highest BCUT2D eigenvalue weighted by molar-refractivity contribution is 5.36. The van der Waals surface area contributed by atoms with Crippen LogP contribution in [-0.4, -0.2) is 28.9 Å². The summed E-state index contributed by atoms with van der Waals surface area (Å²) in [5.74, 6) is 1.42. The molecule has 0 atom stereocenters. The van der Waals surface area contributed by atoms with Crippen molar-refractivity contribution >= 4 is 5.82 Å². The van der Waals surface area contributed by atoms with Gasteiger partial charge in [0.05, 0.1) is 19.0 Å². The lowest BCUT2D eigenvalue weighted by molar-refractivity contribution is 0.397. The lowest BCUT2D eigenvalue weighted by Gasteiger charge is -2.02. The van der Waals surface area contributed by atoms with Crippen molar-refractivity contribution in [2.45, 2.75) is 0 Å². The van der Waals surface area contributed by atoms with Crippen LogP contribution >= 0.6 is 0 Å². The summed E-state index contributed by atoms with van der Waals surface area (Å²) in [4.78, 5) is 4.11. The van der Waals surface area contributed by atoms with E-state index in [-0.39, 0.29) is 0 Å². The van der Waals surface area contributed by atoms with Crippen molar-refractivity contribution in [1.29, 1.82) is 0 Å². The third-order valence-electron chi connectivity index (χ3n) is 2.04. The molecule has 2 aromatic heterocycles. The van der Waals surface area contributed by atoms with Crippen LogP contribution in [0.5, 0.6) is 5.88 Å². The molecule has 2 rings (SSSR count). The lowest BCUT2D eigenvalue weighted by Crippen LogP contribution is -1.97. The Hall–Kier alpha value is -2.04. The first-order valence-corrected chi connectivity index (χ1v) is 4.57. The summed E-state index contributed by atoms with van der Waals surface area (Å²) < 4.78 is 6.73. The van der Waals surface area contributed by atoms with Gasteiger partial charge in [0.2, 0.25) is 5.88 Å². The minimum absolute atomic E-state index is 0.597. The minimum Gasteiger partial charge on any atom is -0.481 e. The zero-order chi connectivity index (χ0) is 10.7. The fourth-order valence-corrected chi connectivity index (χ4v) is 1.23. The summed E-state index contributed by atoms with van der Waals surface area (Å²) in [6.45, 7) is 0. The van der Waals surface area contributed by atoms with Crippen LogP contribution in [0.3, 0.4) is 0 Å². The van der Waals surface area contributed by atoms with E-state index in [1.807, 2.05) is 25.4 Å². The molecule has 0 saturated heterocycles. The van der Waals surface area contributed by atoms with Gasteiger partial charge in [-0.25, -0.2) is 9.67 Å². The molecule has 0 aliphatic heterocycles. The summed E-state index contributed by atoms with van der Waals surface area (Å²) >= 11 is 0. The van der Waals surface area contributed by atoms with Gasteiger partial charge in [-0.3, -0.25) is 0 Å². The first-order chi connectivity index (χ1) is 7.33. The molecule has 0 radical (unpaired) electrons. The Labute approximate surface area is 87.7 Å². The Morgan fingerprint density at radius 1 is 1.33 bits per heavy atom. The summed E-state index contributed by atoms with van der Waals surface area (Å²) in [6, 6.07) is 5.60. The first-order valence-electron chi connectivity index (χ1n) is 4.57. The largest absolute Gasteiger partial charge is 0.481 e. The molecule has 0 bridgehead atoms. The van der Waals surface area contributed by atoms with E-state index in [4.69, 9.17) is 4.74 Å². The van der Waals surface area contributed by atoms with Crippen molar-refractivity contribution in [2.75, 3.05) is 19.5 Å². The maximum absolute atomic E-state index is 4.98. The average molecular weight is 204 g/mol. The van der Waals surface area contributed by atoms with Gasteiger partial charge in [-0.1, -0.05) is 0 Å². The van der Waals surface area contributed by atoms with Gasteiger partial charge in [-0.15, -0.1) is 0 Å². The van der Waals surface area contributed by atoms with E-state index < -0.39 is 0 Å². The SMILES string of the molecule is CNc1ccn(-c2ccc(OC)nc2)n1. The van der Waals surface area contributed by atoms with E-state index in [1.165, 1.54) is 0 Å². The molecule has 15 heavy (non-hydrogen) atoms. The molecule has 0 aliphatic rings. The fourth-order valence-electron chi connectivity index (χ4n) is 1.23. The molecule has 0 aromatic carbocycles. The van der Waals surface area contributed by atoms with Crippen molar-refractivity contribution in [2.24, 2.45) is 0 Å². The molecule has 0 aliphatic carbocycles. The van der Waals surface area contributed by atoms with Crippen molar-refractivity contribution in [3.05, 3.63) is 30.6 Å². The third kappa shape index (κ3) is 1.90. The van der Waals surface area contributed by atoms with E-state index in [1.54, 1.807) is 24.1 Å². The average Bonchev–Trinajstić information content (AvgIpc) is 2.78. The van der Waals surface area contributed by atoms with Crippen LogP contribution in [-0.2, 0) is 0 Å². The molecule has 2 aromatic rings. The highest BCUT2D eigenvalue weighted by Crippen LogP contribution is 2.12. The highest BCUT2D eigenvalue weighted by Gasteiger charge is 2.00. The summed E-state index contributed by atoms with van der Waals surface area (Å²) in [5.41, 5.74) is 0.900. The second-order valence-corrected chi connectivity index (χ2v) is 2.95. The predicted molar refractivity (Wildman–Crippen MR) is 57.5 cm³/mol. The molecule has 0 fully saturated rings. The molecular formula is C10H12N4O. The number of ether oxygens (including phenoxy) is 1. The number of anilines is 1. The second-order valence-electron chi connectivity index (χ2n) is 2.95. The maximum Gasteiger partial charge on any atom is 0.213 e. The number of aromatic nitrogens is 3. The summed E-state index contributed by atoms with van der Waals surface area (Å²) in [7, 11) is 3.42. The topological polar surface area (TPSA) is 52.0 Å². The molecule has 1 N–H and O–H groups in total. The Morgan fingerprint density at radius 2 is 2.20 bits per heavy atom. The van der Waals surface area contributed by atoms with Crippen LogP contribution in [0.4, 0.5) is 5.82 Å². The number of methoxy groups -OCH3 is 1. The number of pyridine rings is 1. The Balaban J connectivity index is 2.28. The van der Waals surface area contributed by atoms with Crippen LogP contribution in [0.1, 0.15) is 0 Å². The van der Waals surface area contributed by atoms with Gasteiger partial charge in [-0.05, 0) is 6.07 Å². The zero-order valence-electron chi connectivity index (χ0n) is 8.64. The Morgan fingerprint density at radius 3 is 2.73 bits per heavy atom. The number of nitrogens with zero attached hydrogens (tertiary/aromatic N) is 3. The van der Waals surface area contributed by atoms with E-state index in [0.717, 1.165) is 11.5 Å².